The summed E-state index contributed by atoms with van der Waals surface area (Å²) >= 11 is 8.67. The molecule has 1 rings (SSSR count). The highest BCUT2D eigenvalue weighted by atomic mass is 35.5. The standard InChI is InChI=1S/C7H7ClOS2/c1-10-4-6(9)5-2-3-11-7(5)8/h2-3H,4H2,1H3. The van der Waals surface area contributed by atoms with Crippen molar-refractivity contribution in [3.63, 3.8) is 0 Å². The van der Waals surface area contributed by atoms with Gasteiger partial charge in [0, 0.05) is 5.56 Å². The molecule has 1 heterocycles. The first-order valence-corrected chi connectivity index (χ1v) is 5.66. The van der Waals surface area contributed by atoms with E-state index in [1.54, 1.807) is 6.07 Å². The molecule has 0 amide bonds. The minimum Gasteiger partial charge on any atom is -0.293 e. The Kier molecular flexibility index (Phi) is 3.43. The smallest absolute Gasteiger partial charge is 0.175 e. The third kappa shape index (κ3) is 2.22. The molecule has 0 fully saturated rings. The highest BCUT2D eigenvalue weighted by Gasteiger charge is 2.09. The number of rotatable bonds is 3. The van der Waals surface area contributed by atoms with Crippen LogP contribution in [0.4, 0.5) is 0 Å². The number of hydrogen-bond acceptors (Lipinski definition) is 3. The maximum absolute atomic E-state index is 11.2. The maximum Gasteiger partial charge on any atom is 0.175 e. The van der Waals surface area contributed by atoms with Crippen molar-refractivity contribution in [2.75, 3.05) is 12.0 Å². The summed E-state index contributed by atoms with van der Waals surface area (Å²) in [5, 5.41) is 1.83. The topological polar surface area (TPSA) is 17.1 Å². The van der Waals surface area contributed by atoms with Crippen molar-refractivity contribution in [3.8, 4) is 0 Å². The molecule has 0 spiro atoms. The number of halogens is 1. The quantitative estimate of drug-likeness (QED) is 0.708. The summed E-state index contributed by atoms with van der Waals surface area (Å²) in [6.45, 7) is 0. The van der Waals surface area contributed by atoms with Gasteiger partial charge in [-0.05, 0) is 17.7 Å². The molecule has 4 heteroatoms. The Morgan fingerprint density at radius 1 is 1.82 bits per heavy atom. The average Bonchev–Trinajstić information content (AvgIpc) is 2.36. The van der Waals surface area contributed by atoms with E-state index in [1.165, 1.54) is 23.1 Å². The van der Waals surface area contributed by atoms with Crippen LogP contribution in [0.2, 0.25) is 4.34 Å². The fourth-order valence-corrected chi connectivity index (χ4v) is 2.08. The Bertz CT molecular complexity index is 257. The molecule has 0 N–H and O–H groups in total. The van der Waals surface area contributed by atoms with Crippen LogP contribution in [-0.4, -0.2) is 17.8 Å². The van der Waals surface area contributed by atoms with Crippen LogP contribution in [-0.2, 0) is 0 Å². The Labute approximate surface area is 78.8 Å². The van der Waals surface area contributed by atoms with Crippen molar-refractivity contribution < 1.29 is 4.79 Å². The lowest BCUT2D eigenvalue weighted by atomic mass is 10.2. The van der Waals surface area contributed by atoms with Gasteiger partial charge in [-0.2, -0.15) is 11.8 Å². The van der Waals surface area contributed by atoms with E-state index in [0.717, 1.165) is 0 Å². The summed E-state index contributed by atoms with van der Waals surface area (Å²) in [7, 11) is 0. The van der Waals surface area contributed by atoms with Crippen molar-refractivity contribution in [3.05, 3.63) is 21.3 Å². The lowest BCUT2D eigenvalue weighted by molar-refractivity contribution is 0.102. The van der Waals surface area contributed by atoms with Crippen molar-refractivity contribution in [1.82, 2.24) is 0 Å². The molecular formula is C7H7ClOS2. The number of Topliss-reactive ketones (excluding diaryl/α,β-unsaturated/α-hetero) is 1. The molecule has 1 nitrogen and oxygen atoms in total. The zero-order valence-corrected chi connectivity index (χ0v) is 8.35. The Hall–Kier alpha value is 0.01000. The first kappa shape index (κ1) is 9.10. The van der Waals surface area contributed by atoms with Gasteiger partial charge in [0.15, 0.2) is 5.78 Å². The molecule has 0 atom stereocenters. The second-order valence-electron chi connectivity index (χ2n) is 1.96. The van der Waals surface area contributed by atoms with Gasteiger partial charge in [-0.25, -0.2) is 0 Å². The lowest BCUT2D eigenvalue weighted by Crippen LogP contribution is -2.00. The minimum absolute atomic E-state index is 0.115. The molecule has 0 saturated carbocycles. The van der Waals surface area contributed by atoms with Gasteiger partial charge in [-0.3, -0.25) is 4.79 Å². The van der Waals surface area contributed by atoms with Gasteiger partial charge in [-0.15, -0.1) is 11.3 Å². The summed E-state index contributed by atoms with van der Waals surface area (Å²) in [5.74, 6) is 0.625. The molecule has 0 aliphatic carbocycles. The predicted molar refractivity (Wildman–Crippen MR) is 52.0 cm³/mol. The summed E-state index contributed by atoms with van der Waals surface area (Å²) in [6.07, 6.45) is 1.90. The minimum atomic E-state index is 0.115. The fraction of sp³-hybridized carbons (Fsp3) is 0.286. The number of carbonyl (C=O) groups is 1. The van der Waals surface area contributed by atoms with Gasteiger partial charge in [-0.1, -0.05) is 11.6 Å². The van der Waals surface area contributed by atoms with E-state index in [2.05, 4.69) is 0 Å². The van der Waals surface area contributed by atoms with E-state index in [1.807, 2.05) is 11.6 Å². The first-order chi connectivity index (χ1) is 5.25. The van der Waals surface area contributed by atoms with Crippen molar-refractivity contribution in [2.24, 2.45) is 0 Å². The number of hydrogen-bond donors (Lipinski definition) is 0. The van der Waals surface area contributed by atoms with Crippen molar-refractivity contribution in [1.29, 1.82) is 0 Å². The van der Waals surface area contributed by atoms with E-state index < -0.39 is 0 Å². The van der Waals surface area contributed by atoms with Gasteiger partial charge >= 0.3 is 0 Å². The van der Waals surface area contributed by atoms with Gasteiger partial charge in [0.05, 0.1) is 5.75 Å². The number of thiophene rings is 1. The lowest BCUT2D eigenvalue weighted by Gasteiger charge is -1.93. The third-order valence-electron chi connectivity index (χ3n) is 1.19. The molecule has 0 aliphatic rings. The van der Waals surface area contributed by atoms with Gasteiger partial charge in [0.25, 0.3) is 0 Å². The van der Waals surface area contributed by atoms with Crippen LogP contribution in [0.3, 0.4) is 0 Å². The van der Waals surface area contributed by atoms with Crippen LogP contribution in [0.15, 0.2) is 11.4 Å². The largest absolute Gasteiger partial charge is 0.293 e. The van der Waals surface area contributed by atoms with Gasteiger partial charge in [0.1, 0.15) is 4.34 Å². The van der Waals surface area contributed by atoms with E-state index in [4.69, 9.17) is 11.6 Å². The van der Waals surface area contributed by atoms with Gasteiger partial charge < -0.3 is 0 Å². The Morgan fingerprint density at radius 3 is 3.00 bits per heavy atom. The van der Waals surface area contributed by atoms with E-state index in [-0.39, 0.29) is 5.78 Å². The molecular weight excluding hydrogens is 200 g/mol. The molecule has 0 aromatic carbocycles. The Balaban J connectivity index is 2.76. The predicted octanol–water partition coefficient (Wildman–Crippen LogP) is 2.95. The second kappa shape index (κ2) is 4.14. The van der Waals surface area contributed by atoms with E-state index in [0.29, 0.717) is 15.7 Å². The summed E-state index contributed by atoms with van der Waals surface area (Å²) in [6, 6.07) is 1.77. The molecule has 0 aliphatic heterocycles. The van der Waals surface area contributed by atoms with E-state index >= 15 is 0 Å². The van der Waals surface area contributed by atoms with Crippen LogP contribution in [0.25, 0.3) is 0 Å². The maximum atomic E-state index is 11.2. The first-order valence-electron chi connectivity index (χ1n) is 3.01. The monoisotopic (exact) mass is 206 g/mol. The molecule has 11 heavy (non-hydrogen) atoms. The summed E-state index contributed by atoms with van der Waals surface area (Å²) < 4.78 is 0.601. The highest BCUT2D eigenvalue weighted by molar-refractivity contribution is 7.99. The van der Waals surface area contributed by atoms with Crippen molar-refractivity contribution >= 4 is 40.5 Å². The Morgan fingerprint density at radius 2 is 2.55 bits per heavy atom. The normalized spacial score (nSPS) is 10.0. The number of carbonyl (C=O) groups excluding carboxylic acids is 1. The molecule has 0 radical (unpaired) electrons. The van der Waals surface area contributed by atoms with Crippen LogP contribution in [0.1, 0.15) is 10.4 Å². The molecule has 1 aromatic heterocycles. The number of thioether (sulfide) groups is 1. The third-order valence-corrected chi connectivity index (χ3v) is 2.91. The van der Waals surface area contributed by atoms with Gasteiger partial charge in [0.2, 0.25) is 0 Å². The number of ketones is 1. The molecule has 1 aromatic rings. The summed E-state index contributed by atoms with van der Waals surface area (Å²) in [5.41, 5.74) is 0.658. The SMILES string of the molecule is CSCC(=O)c1ccsc1Cl. The van der Waals surface area contributed by atoms with Crippen LogP contribution >= 0.6 is 34.7 Å². The molecule has 0 unspecified atom stereocenters. The molecule has 60 valence electrons. The summed E-state index contributed by atoms with van der Waals surface area (Å²) in [4.78, 5) is 11.2. The zero-order valence-electron chi connectivity index (χ0n) is 5.96. The molecule has 0 bridgehead atoms. The van der Waals surface area contributed by atoms with Crippen LogP contribution < -0.4 is 0 Å². The highest BCUT2D eigenvalue weighted by Crippen LogP contribution is 2.23. The average molecular weight is 207 g/mol. The second-order valence-corrected chi connectivity index (χ2v) is 4.35. The van der Waals surface area contributed by atoms with Crippen molar-refractivity contribution in [2.45, 2.75) is 0 Å². The van der Waals surface area contributed by atoms with Crippen LogP contribution in [0.5, 0.6) is 0 Å². The van der Waals surface area contributed by atoms with E-state index in [9.17, 15) is 4.79 Å². The van der Waals surface area contributed by atoms with Crippen LogP contribution in [0, 0.1) is 0 Å². The zero-order chi connectivity index (χ0) is 8.27. The fourth-order valence-electron chi connectivity index (χ4n) is 0.702. The molecule has 0 saturated heterocycles.